The third-order valence-electron chi connectivity index (χ3n) is 3.62. The molecule has 1 saturated heterocycles. The number of benzene rings is 1. The Hall–Kier alpha value is -1.92. The molecule has 3 heterocycles. The molecule has 4 rings (SSSR count). The first-order valence-corrected chi connectivity index (χ1v) is 7.97. The van der Waals surface area contributed by atoms with Gasteiger partial charge in [0.2, 0.25) is 10.1 Å². The number of anilines is 1. The molecule has 0 aliphatic carbocycles. The van der Waals surface area contributed by atoms with E-state index in [9.17, 15) is 0 Å². The van der Waals surface area contributed by atoms with Gasteiger partial charge in [-0.3, -0.25) is 0 Å². The fraction of sp³-hybridized carbons (Fsp3) is 0.333. The maximum Gasteiger partial charge on any atom is 0.214 e. The summed E-state index contributed by atoms with van der Waals surface area (Å²) in [5, 5.41) is 8.76. The normalized spacial score (nSPS) is 18.4. The van der Waals surface area contributed by atoms with E-state index in [4.69, 9.17) is 4.74 Å². The van der Waals surface area contributed by atoms with Crippen molar-refractivity contribution < 1.29 is 4.74 Å². The zero-order chi connectivity index (χ0) is 14.1. The van der Waals surface area contributed by atoms with E-state index in [-0.39, 0.29) is 0 Å². The number of aromatic nitrogens is 3. The van der Waals surface area contributed by atoms with Crippen molar-refractivity contribution in [3.63, 3.8) is 0 Å². The molecule has 0 bridgehead atoms. The van der Waals surface area contributed by atoms with Crippen LogP contribution in [0.4, 0.5) is 5.13 Å². The van der Waals surface area contributed by atoms with Gasteiger partial charge in [-0.15, -0.1) is 5.10 Å². The summed E-state index contributed by atoms with van der Waals surface area (Å²) in [6, 6.07) is 10.2. The van der Waals surface area contributed by atoms with Crippen molar-refractivity contribution in [2.24, 2.45) is 0 Å². The average molecular weight is 300 g/mol. The predicted molar refractivity (Wildman–Crippen MR) is 83.8 cm³/mol. The Kier molecular flexibility index (Phi) is 3.33. The standard InChI is InChI=1S/C15H16N4OS/c1-2-5-11(6-3-1)13-10-19-15(17-13)21-14(18-19)16-9-12-7-4-8-20-12/h1-3,5-6,10,12H,4,7-9H2,(H,16,18)/t12-/m0/s1. The molecule has 1 atom stereocenters. The first-order valence-electron chi connectivity index (χ1n) is 7.15. The van der Waals surface area contributed by atoms with Crippen molar-refractivity contribution in [3.05, 3.63) is 36.5 Å². The topological polar surface area (TPSA) is 51.5 Å². The zero-order valence-electron chi connectivity index (χ0n) is 11.5. The Morgan fingerprint density at radius 1 is 1.33 bits per heavy atom. The first-order chi connectivity index (χ1) is 10.4. The monoisotopic (exact) mass is 300 g/mol. The molecule has 21 heavy (non-hydrogen) atoms. The minimum atomic E-state index is 0.320. The van der Waals surface area contributed by atoms with Crippen LogP contribution in [0.15, 0.2) is 36.5 Å². The Bertz CT molecular complexity index is 699. The number of rotatable bonds is 4. The third kappa shape index (κ3) is 2.64. The molecule has 2 aromatic heterocycles. The molecule has 5 nitrogen and oxygen atoms in total. The van der Waals surface area contributed by atoms with Crippen molar-refractivity contribution in [1.82, 2.24) is 14.6 Å². The molecular formula is C15H16N4OS. The maximum absolute atomic E-state index is 5.60. The summed E-state index contributed by atoms with van der Waals surface area (Å²) in [4.78, 5) is 5.54. The van der Waals surface area contributed by atoms with Crippen LogP contribution in [-0.4, -0.2) is 33.9 Å². The number of imidazole rings is 1. The van der Waals surface area contributed by atoms with Crippen LogP contribution in [0.25, 0.3) is 16.2 Å². The van der Waals surface area contributed by atoms with Gasteiger partial charge in [-0.2, -0.15) is 0 Å². The van der Waals surface area contributed by atoms with E-state index in [1.54, 1.807) is 11.3 Å². The fourth-order valence-electron chi connectivity index (χ4n) is 2.53. The second-order valence-electron chi connectivity index (χ2n) is 5.14. The van der Waals surface area contributed by atoms with Crippen molar-refractivity contribution in [2.75, 3.05) is 18.5 Å². The molecule has 0 unspecified atom stereocenters. The number of fused-ring (bicyclic) bond motifs is 1. The molecular weight excluding hydrogens is 284 g/mol. The Morgan fingerprint density at radius 2 is 2.24 bits per heavy atom. The molecule has 0 amide bonds. The predicted octanol–water partition coefficient (Wildman–Crippen LogP) is 3.05. The highest BCUT2D eigenvalue weighted by Crippen LogP contribution is 2.24. The minimum Gasteiger partial charge on any atom is -0.376 e. The highest BCUT2D eigenvalue weighted by atomic mass is 32.1. The van der Waals surface area contributed by atoms with Crippen LogP contribution < -0.4 is 5.32 Å². The molecule has 1 aliphatic heterocycles. The SMILES string of the molecule is c1ccc(-c2cn3nc(NC[C@@H]4CCCO4)sc3n2)cc1. The summed E-state index contributed by atoms with van der Waals surface area (Å²) in [5.74, 6) is 0. The van der Waals surface area contributed by atoms with Crippen LogP contribution in [0.3, 0.4) is 0 Å². The number of nitrogens with one attached hydrogen (secondary N) is 1. The summed E-state index contributed by atoms with van der Waals surface area (Å²) < 4.78 is 7.44. The lowest BCUT2D eigenvalue weighted by molar-refractivity contribution is 0.120. The van der Waals surface area contributed by atoms with E-state index in [0.717, 1.165) is 47.3 Å². The van der Waals surface area contributed by atoms with E-state index in [1.165, 1.54) is 0 Å². The minimum absolute atomic E-state index is 0.320. The van der Waals surface area contributed by atoms with Crippen molar-refractivity contribution in [3.8, 4) is 11.3 Å². The second-order valence-corrected chi connectivity index (χ2v) is 6.10. The number of hydrogen-bond donors (Lipinski definition) is 1. The number of nitrogens with zero attached hydrogens (tertiary/aromatic N) is 3. The van der Waals surface area contributed by atoms with Crippen LogP contribution in [0.2, 0.25) is 0 Å². The van der Waals surface area contributed by atoms with Crippen LogP contribution in [0.1, 0.15) is 12.8 Å². The molecule has 1 aromatic carbocycles. The molecule has 0 spiro atoms. The lowest BCUT2D eigenvalue weighted by Gasteiger charge is -2.08. The Balaban J connectivity index is 1.51. The molecule has 6 heteroatoms. The Morgan fingerprint density at radius 3 is 3.00 bits per heavy atom. The first kappa shape index (κ1) is 12.8. The van der Waals surface area contributed by atoms with E-state index in [2.05, 4.69) is 27.5 Å². The van der Waals surface area contributed by atoms with Gasteiger partial charge in [0.05, 0.1) is 18.0 Å². The molecule has 0 radical (unpaired) electrons. The van der Waals surface area contributed by atoms with Gasteiger partial charge in [-0.05, 0) is 12.8 Å². The van der Waals surface area contributed by atoms with Crippen molar-refractivity contribution in [1.29, 1.82) is 0 Å². The molecule has 108 valence electrons. The van der Waals surface area contributed by atoms with Gasteiger partial charge in [0.25, 0.3) is 0 Å². The highest BCUT2D eigenvalue weighted by Gasteiger charge is 2.16. The van der Waals surface area contributed by atoms with Gasteiger partial charge in [0.1, 0.15) is 0 Å². The van der Waals surface area contributed by atoms with Gasteiger partial charge in [-0.25, -0.2) is 9.50 Å². The van der Waals surface area contributed by atoms with Crippen LogP contribution in [-0.2, 0) is 4.74 Å². The smallest absolute Gasteiger partial charge is 0.214 e. The summed E-state index contributed by atoms with van der Waals surface area (Å²) >= 11 is 1.57. The lowest BCUT2D eigenvalue weighted by atomic mass is 10.2. The van der Waals surface area contributed by atoms with E-state index >= 15 is 0 Å². The van der Waals surface area contributed by atoms with E-state index in [0.29, 0.717) is 6.10 Å². The van der Waals surface area contributed by atoms with E-state index in [1.807, 2.05) is 28.9 Å². The van der Waals surface area contributed by atoms with Gasteiger partial charge in [0.15, 0.2) is 0 Å². The second kappa shape index (κ2) is 5.46. The number of hydrogen-bond acceptors (Lipinski definition) is 5. The largest absolute Gasteiger partial charge is 0.376 e. The van der Waals surface area contributed by atoms with Crippen LogP contribution >= 0.6 is 11.3 Å². The summed E-state index contributed by atoms with van der Waals surface area (Å²) in [7, 11) is 0. The van der Waals surface area contributed by atoms with Gasteiger partial charge >= 0.3 is 0 Å². The summed E-state index contributed by atoms with van der Waals surface area (Å²) in [6.07, 6.45) is 4.58. The third-order valence-corrected chi connectivity index (χ3v) is 4.50. The van der Waals surface area contributed by atoms with Gasteiger partial charge in [0, 0.05) is 18.7 Å². The maximum atomic E-state index is 5.60. The van der Waals surface area contributed by atoms with Gasteiger partial charge in [-0.1, -0.05) is 41.7 Å². The molecule has 0 saturated carbocycles. The van der Waals surface area contributed by atoms with Crippen molar-refractivity contribution >= 4 is 21.4 Å². The lowest BCUT2D eigenvalue weighted by Crippen LogP contribution is -2.18. The van der Waals surface area contributed by atoms with Crippen LogP contribution in [0.5, 0.6) is 0 Å². The molecule has 3 aromatic rings. The number of ether oxygens (including phenoxy) is 1. The Labute approximate surface area is 126 Å². The quantitative estimate of drug-likeness (QED) is 0.804. The van der Waals surface area contributed by atoms with Crippen molar-refractivity contribution in [2.45, 2.75) is 18.9 Å². The average Bonchev–Trinajstić information content (AvgIpc) is 3.22. The van der Waals surface area contributed by atoms with E-state index < -0.39 is 0 Å². The highest BCUT2D eigenvalue weighted by molar-refractivity contribution is 7.20. The van der Waals surface area contributed by atoms with Crippen LogP contribution in [0, 0.1) is 0 Å². The van der Waals surface area contributed by atoms with Gasteiger partial charge < -0.3 is 10.1 Å². The molecule has 1 N–H and O–H groups in total. The summed E-state index contributed by atoms with van der Waals surface area (Å²) in [6.45, 7) is 1.70. The zero-order valence-corrected chi connectivity index (χ0v) is 12.3. The summed E-state index contributed by atoms with van der Waals surface area (Å²) in [5.41, 5.74) is 2.07. The fourth-order valence-corrected chi connectivity index (χ4v) is 3.31. The molecule has 1 aliphatic rings. The molecule has 1 fully saturated rings.